The van der Waals surface area contributed by atoms with Gasteiger partial charge in [-0.25, -0.2) is 0 Å². The summed E-state index contributed by atoms with van der Waals surface area (Å²) in [5.41, 5.74) is 2.15. The molecular weight excluding hydrogens is 401 g/mol. The van der Waals surface area contributed by atoms with Crippen LogP contribution in [0.25, 0.3) is 0 Å². The maximum absolute atomic E-state index is 12.2. The average Bonchev–Trinajstić information content (AvgIpc) is 2.58. The van der Waals surface area contributed by atoms with Gasteiger partial charge in [0.1, 0.15) is 0 Å². The van der Waals surface area contributed by atoms with Gasteiger partial charge in [-0.2, -0.15) is 0 Å². The summed E-state index contributed by atoms with van der Waals surface area (Å²) in [5.74, 6) is 0.0577. The van der Waals surface area contributed by atoms with E-state index in [0.29, 0.717) is 6.54 Å². The summed E-state index contributed by atoms with van der Waals surface area (Å²) >= 11 is 2.24. The van der Waals surface area contributed by atoms with Gasteiger partial charge in [-0.05, 0) is 46.9 Å². The van der Waals surface area contributed by atoms with Crippen molar-refractivity contribution in [2.45, 2.75) is 0 Å². The predicted molar refractivity (Wildman–Crippen MR) is 103 cm³/mol. The lowest BCUT2D eigenvalue weighted by Gasteiger charge is -2.35. The summed E-state index contributed by atoms with van der Waals surface area (Å²) in [5, 5.41) is 3.00. The molecule has 1 amide bonds. The van der Waals surface area contributed by atoms with E-state index in [4.69, 9.17) is 0 Å². The van der Waals surface area contributed by atoms with E-state index in [1.807, 2.05) is 30.3 Å². The van der Waals surface area contributed by atoms with Crippen molar-refractivity contribution >= 4 is 39.9 Å². The Kier molecular flexibility index (Phi) is 5.51. The van der Waals surface area contributed by atoms with Gasteiger partial charge in [0.15, 0.2) is 0 Å². The van der Waals surface area contributed by atoms with Crippen LogP contribution in [0.3, 0.4) is 0 Å². The lowest BCUT2D eigenvalue weighted by atomic mass is 10.2. The SMILES string of the molecule is O=C(CN1CCN(c2ccccc2)CC1)Nc1ccccc1I. The van der Waals surface area contributed by atoms with Crippen LogP contribution in [-0.2, 0) is 4.79 Å². The first-order valence-electron chi connectivity index (χ1n) is 7.79. The van der Waals surface area contributed by atoms with Gasteiger partial charge in [0.25, 0.3) is 0 Å². The summed E-state index contributed by atoms with van der Waals surface area (Å²) in [6.07, 6.45) is 0. The number of hydrogen-bond donors (Lipinski definition) is 1. The van der Waals surface area contributed by atoms with Gasteiger partial charge < -0.3 is 10.2 Å². The second-order valence-corrected chi connectivity index (χ2v) is 6.79. The molecule has 0 radical (unpaired) electrons. The number of benzene rings is 2. The van der Waals surface area contributed by atoms with Crippen molar-refractivity contribution in [3.63, 3.8) is 0 Å². The van der Waals surface area contributed by atoms with E-state index in [0.717, 1.165) is 35.4 Å². The van der Waals surface area contributed by atoms with E-state index < -0.39 is 0 Å². The predicted octanol–water partition coefficient (Wildman–Crippen LogP) is 3.05. The highest BCUT2D eigenvalue weighted by molar-refractivity contribution is 14.1. The standard InChI is InChI=1S/C18H20IN3O/c19-16-8-4-5-9-17(16)20-18(23)14-21-10-12-22(13-11-21)15-6-2-1-3-7-15/h1-9H,10-14H2,(H,20,23). The fourth-order valence-corrected chi connectivity index (χ4v) is 3.28. The minimum Gasteiger partial charge on any atom is -0.369 e. The fraction of sp³-hybridized carbons (Fsp3) is 0.278. The van der Waals surface area contributed by atoms with Crippen LogP contribution in [-0.4, -0.2) is 43.5 Å². The van der Waals surface area contributed by atoms with E-state index in [2.05, 4.69) is 62.0 Å². The molecule has 0 unspecified atom stereocenters. The highest BCUT2D eigenvalue weighted by Gasteiger charge is 2.19. The van der Waals surface area contributed by atoms with E-state index in [9.17, 15) is 4.79 Å². The number of carbonyl (C=O) groups is 1. The number of amides is 1. The molecule has 1 aliphatic rings. The molecular formula is C18H20IN3O. The van der Waals surface area contributed by atoms with Gasteiger partial charge in [0.2, 0.25) is 5.91 Å². The first-order chi connectivity index (χ1) is 11.2. The minimum absolute atomic E-state index is 0.0577. The number of anilines is 2. The molecule has 2 aromatic carbocycles. The largest absolute Gasteiger partial charge is 0.369 e. The number of nitrogens with one attached hydrogen (secondary N) is 1. The maximum Gasteiger partial charge on any atom is 0.238 e. The molecule has 0 saturated carbocycles. The van der Waals surface area contributed by atoms with Crippen LogP contribution >= 0.6 is 22.6 Å². The minimum atomic E-state index is 0.0577. The number of carbonyl (C=O) groups excluding carboxylic acids is 1. The summed E-state index contributed by atoms with van der Waals surface area (Å²) in [6.45, 7) is 4.19. The van der Waals surface area contributed by atoms with E-state index >= 15 is 0 Å². The van der Waals surface area contributed by atoms with Crippen LogP contribution in [0, 0.1) is 3.57 Å². The Balaban J connectivity index is 1.49. The van der Waals surface area contributed by atoms with Crippen molar-refractivity contribution in [3.05, 3.63) is 58.2 Å². The van der Waals surface area contributed by atoms with Crippen LogP contribution in [0.2, 0.25) is 0 Å². The molecule has 1 fully saturated rings. The van der Waals surface area contributed by atoms with Crippen molar-refractivity contribution < 1.29 is 4.79 Å². The van der Waals surface area contributed by atoms with Crippen molar-refractivity contribution in [3.8, 4) is 0 Å². The molecule has 0 aliphatic carbocycles. The van der Waals surface area contributed by atoms with Crippen molar-refractivity contribution in [2.24, 2.45) is 0 Å². The van der Waals surface area contributed by atoms with Gasteiger partial charge in [0.05, 0.1) is 12.2 Å². The van der Waals surface area contributed by atoms with Crippen molar-refractivity contribution in [1.29, 1.82) is 0 Å². The summed E-state index contributed by atoms with van der Waals surface area (Å²) in [4.78, 5) is 16.8. The highest BCUT2D eigenvalue weighted by Crippen LogP contribution is 2.18. The molecule has 3 rings (SSSR count). The second-order valence-electron chi connectivity index (χ2n) is 5.63. The summed E-state index contributed by atoms with van der Waals surface area (Å²) in [7, 11) is 0. The number of hydrogen-bond acceptors (Lipinski definition) is 3. The molecule has 2 aromatic rings. The summed E-state index contributed by atoms with van der Waals surface area (Å²) in [6, 6.07) is 18.3. The van der Waals surface area contributed by atoms with Gasteiger partial charge in [0, 0.05) is 35.4 Å². The van der Waals surface area contributed by atoms with Gasteiger partial charge in [-0.3, -0.25) is 9.69 Å². The fourth-order valence-electron chi connectivity index (χ4n) is 2.76. The van der Waals surface area contributed by atoms with Crippen LogP contribution in [0.5, 0.6) is 0 Å². The Hall–Kier alpha value is -1.60. The van der Waals surface area contributed by atoms with E-state index in [1.54, 1.807) is 0 Å². The Morgan fingerprint density at radius 2 is 1.61 bits per heavy atom. The molecule has 0 bridgehead atoms. The zero-order chi connectivity index (χ0) is 16.1. The van der Waals surface area contributed by atoms with Gasteiger partial charge in [-0.1, -0.05) is 30.3 Å². The molecule has 23 heavy (non-hydrogen) atoms. The van der Waals surface area contributed by atoms with E-state index in [-0.39, 0.29) is 5.91 Å². The van der Waals surface area contributed by atoms with Gasteiger partial charge >= 0.3 is 0 Å². The Labute approximate surface area is 150 Å². The zero-order valence-electron chi connectivity index (χ0n) is 12.9. The Morgan fingerprint density at radius 3 is 2.30 bits per heavy atom. The first-order valence-corrected chi connectivity index (χ1v) is 8.87. The molecule has 120 valence electrons. The number of piperazine rings is 1. The van der Waals surface area contributed by atoms with Crippen LogP contribution in [0.1, 0.15) is 0 Å². The third-order valence-electron chi connectivity index (χ3n) is 4.01. The van der Waals surface area contributed by atoms with Crippen LogP contribution < -0.4 is 10.2 Å². The Morgan fingerprint density at radius 1 is 0.957 bits per heavy atom. The molecule has 4 nitrogen and oxygen atoms in total. The number of nitrogens with zero attached hydrogens (tertiary/aromatic N) is 2. The summed E-state index contributed by atoms with van der Waals surface area (Å²) < 4.78 is 1.06. The number of halogens is 1. The normalized spacial score (nSPS) is 15.4. The Bertz CT molecular complexity index is 654. The molecule has 0 spiro atoms. The third-order valence-corrected chi connectivity index (χ3v) is 4.95. The topological polar surface area (TPSA) is 35.6 Å². The number of rotatable bonds is 4. The number of para-hydroxylation sites is 2. The molecule has 1 heterocycles. The molecule has 1 saturated heterocycles. The van der Waals surface area contributed by atoms with E-state index in [1.165, 1.54) is 5.69 Å². The van der Waals surface area contributed by atoms with Crippen molar-refractivity contribution in [1.82, 2.24) is 4.90 Å². The zero-order valence-corrected chi connectivity index (χ0v) is 15.1. The third kappa shape index (κ3) is 4.45. The molecule has 0 atom stereocenters. The molecule has 5 heteroatoms. The highest BCUT2D eigenvalue weighted by atomic mass is 127. The van der Waals surface area contributed by atoms with Crippen LogP contribution in [0.4, 0.5) is 11.4 Å². The smallest absolute Gasteiger partial charge is 0.238 e. The first kappa shape index (κ1) is 16.3. The maximum atomic E-state index is 12.2. The van der Waals surface area contributed by atoms with Gasteiger partial charge in [-0.15, -0.1) is 0 Å². The van der Waals surface area contributed by atoms with Crippen LogP contribution in [0.15, 0.2) is 54.6 Å². The molecule has 1 aliphatic heterocycles. The van der Waals surface area contributed by atoms with Crippen molar-refractivity contribution in [2.75, 3.05) is 42.9 Å². The average molecular weight is 421 g/mol. The quantitative estimate of drug-likeness (QED) is 0.772. The second kappa shape index (κ2) is 7.79. The lowest BCUT2D eigenvalue weighted by Crippen LogP contribution is -2.48. The monoisotopic (exact) mass is 421 g/mol. The lowest BCUT2D eigenvalue weighted by molar-refractivity contribution is -0.117. The molecule has 1 N–H and O–H groups in total. The molecule has 0 aromatic heterocycles.